The van der Waals surface area contributed by atoms with Gasteiger partial charge in [-0.1, -0.05) is 12.8 Å². The molecule has 1 heterocycles. The van der Waals surface area contributed by atoms with E-state index >= 15 is 0 Å². The van der Waals surface area contributed by atoms with Gasteiger partial charge in [-0.05, 0) is 67.7 Å². The molecule has 5 fully saturated rings. The van der Waals surface area contributed by atoms with Crippen LogP contribution in [0, 0.1) is 11.3 Å². The summed E-state index contributed by atoms with van der Waals surface area (Å²) in [5.41, 5.74) is 1.04. The van der Waals surface area contributed by atoms with Crippen LogP contribution < -0.4 is 15.4 Å². The summed E-state index contributed by atoms with van der Waals surface area (Å²) in [6, 6.07) is 6.17. The molecule has 176 valence electrons. The molecular formula is C23H34N4O4S. The number of carbonyl (C=O) groups excluding carboxylic acids is 1. The lowest BCUT2D eigenvalue weighted by atomic mass is 9.43. The smallest absolute Gasteiger partial charge is 0.319 e. The Kier molecular flexibility index (Phi) is 5.94. The standard InChI is InChI=1S/C23H34N4O4S/c28-21(26-23-15-18-2-1-7-22(14-18,16-23)17-23)25-19-3-5-20(6-4-19)32(29,30)24-8-9-27-10-12-31-13-11-27/h3-6,18,24H,1-2,7-17H2,(H2,25,26,28). The Hall–Kier alpha value is -1.68. The number of rotatable bonds is 7. The first-order chi connectivity index (χ1) is 15.4. The highest BCUT2D eigenvalue weighted by molar-refractivity contribution is 7.89. The van der Waals surface area contributed by atoms with Crippen molar-refractivity contribution in [1.82, 2.24) is 14.9 Å². The summed E-state index contributed by atoms with van der Waals surface area (Å²) < 4.78 is 33.1. The Labute approximate surface area is 190 Å². The number of nitrogens with one attached hydrogen (secondary N) is 3. The normalized spacial score (nSPS) is 32.1. The molecule has 1 saturated heterocycles. The number of anilines is 1. The molecule has 9 heteroatoms. The maximum absolute atomic E-state index is 12.6. The molecule has 4 aliphatic carbocycles. The lowest BCUT2D eigenvalue weighted by molar-refractivity contribution is -0.102. The Morgan fingerprint density at radius 2 is 1.88 bits per heavy atom. The monoisotopic (exact) mass is 462 g/mol. The highest BCUT2D eigenvalue weighted by atomic mass is 32.2. The second-order valence-corrected chi connectivity index (χ2v) is 12.0. The molecule has 3 bridgehead atoms. The van der Waals surface area contributed by atoms with Crippen molar-refractivity contribution in [2.24, 2.45) is 11.3 Å². The number of sulfonamides is 1. The van der Waals surface area contributed by atoms with E-state index in [2.05, 4.69) is 20.3 Å². The van der Waals surface area contributed by atoms with E-state index < -0.39 is 10.0 Å². The van der Waals surface area contributed by atoms with Gasteiger partial charge in [-0.3, -0.25) is 4.90 Å². The van der Waals surface area contributed by atoms with E-state index in [4.69, 9.17) is 4.74 Å². The molecule has 6 rings (SSSR count). The summed E-state index contributed by atoms with van der Waals surface area (Å²) in [5.74, 6) is 0.756. The molecule has 0 aromatic heterocycles. The summed E-state index contributed by atoms with van der Waals surface area (Å²) >= 11 is 0. The third kappa shape index (κ3) is 4.66. The van der Waals surface area contributed by atoms with Crippen LogP contribution in [-0.4, -0.2) is 64.3 Å². The number of nitrogens with zero attached hydrogens (tertiary/aromatic N) is 1. The van der Waals surface area contributed by atoms with Crippen LogP contribution in [0.5, 0.6) is 0 Å². The van der Waals surface area contributed by atoms with Crippen molar-refractivity contribution >= 4 is 21.7 Å². The summed E-state index contributed by atoms with van der Waals surface area (Å²) in [7, 11) is -3.58. The topological polar surface area (TPSA) is 99.8 Å². The summed E-state index contributed by atoms with van der Waals surface area (Å²) in [6.45, 7) is 4.05. The van der Waals surface area contributed by atoms with Gasteiger partial charge in [0.1, 0.15) is 0 Å². The SMILES string of the molecule is O=C(Nc1ccc(S(=O)(=O)NCCN2CCOCC2)cc1)NC12CC3CCCC(C3)(C1)C2. The predicted octanol–water partition coefficient (Wildman–Crippen LogP) is 2.53. The van der Waals surface area contributed by atoms with Gasteiger partial charge in [0.25, 0.3) is 0 Å². The molecule has 8 nitrogen and oxygen atoms in total. The minimum absolute atomic E-state index is 0.0406. The Balaban J connectivity index is 1.11. The number of amides is 2. The fraction of sp³-hybridized carbons (Fsp3) is 0.696. The van der Waals surface area contributed by atoms with E-state index in [1.54, 1.807) is 12.1 Å². The molecule has 1 aromatic carbocycles. The van der Waals surface area contributed by atoms with Gasteiger partial charge in [0.05, 0.1) is 18.1 Å². The summed E-state index contributed by atoms with van der Waals surface area (Å²) in [6.07, 6.45) is 8.59. The van der Waals surface area contributed by atoms with Crippen molar-refractivity contribution < 1.29 is 17.9 Å². The Bertz CT molecular complexity index is 932. The van der Waals surface area contributed by atoms with Crippen LogP contribution >= 0.6 is 0 Å². The van der Waals surface area contributed by atoms with Crippen molar-refractivity contribution in [2.45, 2.75) is 55.4 Å². The number of hydrogen-bond donors (Lipinski definition) is 3. The molecule has 1 aliphatic heterocycles. The van der Waals surface area contributed by atoms with Gasteiger partial charge in [-0.2, -0.15) is 0 Å². The molecule has 2 amide bonds. The summed E-state index contributed by atoms with van der Waals surface area (Å²) in [4.78, 5) is 15.0. The van der Waals surface area contributed by atoms with Crippen molar-refractivity contribution in [1.29, 1.82) is 0 Å². The van der Waals surface area contributed by atoms with E-state index in [9.17, 15) is 13.2 Å². The second kappa shape index (κ2) is 8.59. The fourth-order valence-corrected chi connectivity index (χ4v) is 7.69. The maximum Gasteiger partial charge on any atom is 0.319 e. The summed E-state index contributed by atoms with van der Waals surface area (Å²) in [5, 5.41) is 6.13. The van der Waals surface area contributed by atoms with Gasteiger partial charge in [0.15, 0.2) is 0 Å². The number of benzene rings is 1. The van der Waals surface area contributed by atoms with Gasteiger partial charge in [-0.25, -0.2) is 17.9 Å². The van der Waals surface area contributed by atoms with Gasteiger partial charge < -0.3 is 15.4 Å². The Morgan fingerprint density at radius 1 is 1.12 bits per heavy atom. The van der Waals surface area contributed by atoms with Crippen molar-refractivity contribution in [2.75, 3.05) is 44.7 Å². The quantitative estimate of drug-likeness (QED) is 0.578. The minimum atomic E-state index is -3.58. The molecule has 3 N–H and O–H groups in total. The minimum Gasteiger partial charge on any atom is -0.379 e. The zero-order valence-electron chi connectivity index (χ0n) is 18.6. The van der Waals surface area contributed by atoms with Crippen LogP contribution in [0.2, 0.25) is 0 Å². The van der Waals surface area contributed by atoms with Crippen LogP contribution in [0.3, 0.4) is 0 Å². The van der Waals surface area contributed by atoms with Gasteiger partial charge >= 0.3 is 6.03 Å². The first kappa shape index (κ1) is 22.1. The molecule has 1 unspecified atom stereocenters. The third-order valence-corrected chi connectivity index (χ3v) is 9.25. The van der Waals surface area contributed by atoms with E-state index in [-0.39, 0.29) is 16.5 Å². The Morgan fingerprint density at radius 3 is 2.59 bits per heavy atom. The zero-order chi connectivity index (χ0) is 22.2. The molecule has 1 aromatic rings. The third-order valence-electron chi connectivity index (χ3n) is 7.77. The highest BCUT2D eigenvalue weighted by Gasteiger charge is 2.61. The van der Waals surface area contributed by atoms with E-state index in [0.29, 0.717) is 37.4 Å². The highest BCUT2D eigenvalue weighted by Crippen LogP contribution is 2.65. The van der Waals surface area contributed by atoms with Crippen LogP contribution in [0.25, 0.3) is 0 Å². The average molecular weight is 463 g/mol. The van der Waals surface area contributed by atoms with Gasteiger partial charge in [0.2, 0.25) is 10.0 Å². The molecule has 1 spiro atoms. The largest absolute Gasteiger partial charge is 0.379 e. The lowest BCUT2D eigenvalue weighted by Crippen LogP contribution is -2.67. The maximum atomic E-state index is 12.6. The molecule has 0 radical (unpaired) electrons. The predicted molar refractivity (Wildman–Crippen MR) is 122 cm³/mol. The van der Waals surface area contributed by atoms with Gasteiger partial charge in [-0.15, -0.1) is 0 Å². The molecule has 4 saturated carbocycles. The number of hydrogen-bond acceptors (Lipinski definition) is 5. The van der Waals surface area contributed by atoms with Crippen molar-refractivity contribution in [3.8, 4) is 0 Å². The molecule has 1 atom stereocenters. The fourth-order valence-electron chi connectivity index (χ4n) is 6.66. The number of ether oxygens (including phenoxy) is 1. The lowest BCUT2D eigenvalue weighted by Gasteiger charge is -2.65. The van der Waals surface area contributed by atoms with Gasteiger partial charge in [0, 0.05) is 37.4 Å². The van der Waals surface area contributed by atoms with Crippen LogP contribution in [0.4, 0.5) is 10.5 Å². The molecular weight excluding hydrogens is 428 g/mol. The number of morpholine rings is 1. The van der Waals surface area contributed by atoms with Crippen molar-refractivity contribution in [3.05, 3.63) is 24.3 Å². The second-order valence-electron chi connectivity index (χ2n) is 10.3. The van der Waals surface area contributed by atoms with Crippen molar-refractivity contribution in [3.63, 3.8) is 0 Å². The van der Waals surface area contributed by atoms with E-state index in [1.165, 1.54) is 37.8 Å². The van der Waals surface area contributed by atoms with Crippen LogP contribution in [0.1, 0.15) is 44.9 Å². The number of urea groups is 1. The van der Waals surface area contributed by atoms with E-state index in [0.717, 1.165) is 38.3 Å². The van der Waals surface area contributed by atoms with Crippen LogP contribution in [-0.2, 0) is 14.8 Å². The first-order valence-corrected chi connectivity index (χ1v) is 13.3. The molecule has 32 heavy (non-hydrogen) atoms. The van der Waals surface area contributed by atoms with Crippen LogP contribution in [0.15, 0.2) is 29.2 Å². The number of carbonyl (C=O) groups is 1. The first-order valence-electron chi connectivity index (χ1n) is 11.8. The zero-order valence-corrected chi connectivity index (χ0v) is 19.4. The molecule has 5 aliphatic rings. The average Bonchev–Trinajstić information content (AvgIpc) is 2.73. The van der Waals surface area contributed by atoms with E-state index in [1.807, 2.05) is 0 Å².